The molecule has 1 heterocycles. The van der Waals surface area contributed by atoms with Crippen molar-refractivity contribution in [3.8, 4) is 5.75 Å². The zero-order valence-electron chi connectivity index (χ0n) is 18.2. The van der Waals surface area contributed by atoms with Gasteiger partial charge < -0.3 is 14.8 Å². The monoisotopic (exact) mass is 421 g/mol. The molecule has 0 aliphatic carbocycles. The van der Waals surface area contributed by atoms with Crippen molar-refractivity contribution in [3.05, 3.63) is 77.1 Å². The van der Waals surface area contributed by atoms with Gasteiger partial charge in [0.05, 0.1) is 24.4 Å². The topological polar surface area (TPSA) is 82.4 Å². The van der Waals surface area contributed by atoms with Gasteiger partial charge in [0, 0.05) is 23.9 Å². The van der Waals surface area contributed by atoms with Gasteiger partial charge in [-0.1, -0.05) is 42.5 Å². The molecule has 0 saturated heterocycles. The SMILES string of the molecule is CCOc1ccccc1NC(=O)C(OC(=O)Cc1c(C)nn(C)c1C)c1ccccc1. The zero-order chi connectivity index (χ0) is 22.4. The predicted molar refractivity (Wildman–Crippen MR) is 118 cm³/mol. The lowest BCUT2D eigenvalue weighted by atomic mass is 10.1. The molecule has 1 atom stereocenters. The summed E-state index contributed by atoms with van der Waals surface area (Å²) in [5.74, 6) is -0.397. The van der Waals surface area contributed by atoms with Gasteiger partial charge in [-0.2, -0.15) is 5.10 Å². The highest BCUT2D eigenvalue weighted by atomic mass is 16.5. The van der Waals surface area contributed by atoms with E-state index >= 15 is 0 Å². The molecule has 7 heteroatoms. The third kappa shape index (κ3) is 5.31. The van der Waals surface area contributed by atoms with Crippen molar-refractivity contribution >= 4 is 17.6 Å². The molecular weight excluding hydrogens is 394 g/mol. The fourth-order valence-electron chi connectivity index (χ4n) is 3.34. The first-order chi connectivity index (χ1) is 14.9. The number of aryl methyl sites for hydroxylation is 2. The number of aromatic nitrogens is 2. The Balaban J connectivity index is 1.82. The number of para-hydroxylation sites is 2. The van der Waals surface area contributed by atoms with E-state index in [9.17, 15) is 9.59 Å². The lowest BCUT2D eigenvalue weighted by Crippen LogP contribution is -2.26. The first-order valence-electron chi connectivity index (χ1n) is 10.2. The Labute approximate surface area is 182 Å². The summed E-state index contributed by atoms with van der Waals surface area (Å²) in [5, 5.41) is 7.17. The van der Waals surface area contributed by atoms with E-state index in [1.54, 1.807) is 47.1 Å². The molecule has 162 valence electrons. The molecule has 0 radical (unpaired) electrons. The Hall–Kier alpha value is -3.61. The number of rotatable bonds is 8. The molecule has 1 N–H and O–H groups in total. The summed E-state index contributed by atoms with van der Waals surface area (Å²) < 4.78 is 13.0. The number of ether oxygens (including phenoxy) is 2. The van der Waals surface area contributed by atoms with E-state index in [0.29, 0.717) is 23.6 Å². The van der Waals surface area contributed by atoms with Crippen molar-refractivity contribution in [2.45, 2.75) is 33.3 Å². The van der Waals surface area contributed by atoms with Crippen molar-refractivity contribution < 1.29 is 19.1 Å². The standard InChI is InChI=1S/C24H27N3O4/c1-5-30-21-14-10-9-13-20(21)25-24(29)23(18-11-7-6-8-12-18)31-22(28)15-19-16(2)26-27(4)17(19)3/h6-14,23H,5,15H2,1-4H3,(H,25,29). The molecule has 1 unspecified atom stereocenters. The van der Waals surface area contributed by atoms with Gasteiger partial charge in [-0.3, -0.25) is 14.3 Å². The lowest BCUT2D eigenvalue weighted by molar-refractivity contribution is -0.154. The van der Waals surface area contributed by atoms with E-state index in [4.69, 9.17) is 9.47 Å². The molecule has 7 nitrogen and oxygen atoms in total. The molecule has 0 fully saturated rings. The van der Waals surface area contributed by atoms with E-state index in [1.165, 1.54) is 0 Å². The molecule has 0 aliphatic rings. The Morgan fingerprint density at radius 1 is 1.06 bits per heavy atom. The van der Waals surface area contributed by atoms with Crippen molar-refractivity contribution in [1.82, 2.24) is 9.78 Å². The minimum atomic E-state index is -1.10. The van der Waals surface area contributed by atoms with Crippen LogP contribution in [-0.4, -0.2) is 28.3 Å². The first kappa shape index (κ1) is 22.1. The number of nitrogens with zero attached hydrogens (tertiary/aromatic N) is 2. The summed E-state index contributed by atoms with van der Waals surface area (Å²) in [4.78, 5) is 25.9. The molecule has 1 aromatic heterocycles. The van der Waals surface area contributed by atoms with Crippen molar-refractivity contribution in [2.24, 2.45) is 7.05 Å². The molecule has 3 aromatic rings. The van der Waals surface area contributed by atoms with Crippen LogP contribution in [0.15, 0.2) is 54.6 Å². The van der Waals surface area contributed by atoms with E-state index in [0.717, 1.165) is 17.0 Å². The molecule has 0 aliphatic heterocycles. The number of hydrogen-bond acceptors (Lipinski definition) is 5. The fraction of sp³-hybridized carbons (Fsp3) is 0.292. The molecular formula is C24H27N3O4. The van der Waals surface area contributed by atoms with Gasteiger partial charge in [0.15, 0.2) is 0 Å². The molecule has 3 rings (SSSR count). The van der Waals surface area contributed by atoms with Gasteiger partial charge in [-0.15, -0.1) is 0 Å². The van der Waals surface area contributed by atoms with Gasteiger partial charge in [-0.05, 0) is 32.9 Å². The number of benzene rings is 2. The molecule has 31 heavy (non-hydrogen) atoms. The lowest BCUT2D eigenvalue weighted by Gasteiger charge is -2.19. The average molecular weight is 421 g/mol. The van der Waals surface area contributed by atoms with E-state index < -0.39 is 18.0 Å². The number of anilines is 1. The second kappa shape index (κ2) is 9.93. The van der Waals surface area contributed by atoms with Gasteiger partial charge in [-0.25, -0.2) is 0 Å². The normalized spacial score (nSPS) is 11.6. The van der Waals surface area contributed by atoms with Crippen LogP contribution >= 0.6 is 0 Å². The Kier molecular flexibility index (Phi) is 7.07. The maximum atomic E-state index is 13.1. The Morgan fingerprint density at radius 2 is 1.74 bits per heavy atom. The van der Waals surface area contributed by atoms with Crippen LogP contribution in [0, 0.1) is 13.8 Å². The maximum Gasteiger partial charge on any atom is 0.311 e. The second-order valence-corrected chi connectivity index (χ2v) is 7.15. The first-order valence-corrected chi connectivity index (χ1v) is 10.2. The van der Waals surface area contributed by atoms with Crippen LogP contribution in [0.3, 0.4) is 0 Å². The third-order valence-corrected chi connectivity index (χ3v) is 5.01. The second-order valence-electron chi connectivity index (χ2n) is 7.15. The van der Waals surface area contributed by atoms with E-state index in [-0.39, 0.29) is 6.42 Å². The summed E-state index contributed by atoms with van der Waals surface area (Å²) in [6.45, 7) is 6.08. The summed E-state index contributed by atoms with van der Waals surface area (Å²) >= 11 is 0. The summed E-state index contributed by atoms with van der Waals surface area (Å²) in [6.07, 6.45) is -1.06. The average Bonchev–Trinajstić information content (AvgIpc) is 3.00. The maximum absolute atomic E-state index is 13.1. The third-order valence-electron chi connectivity index (χ3n) is 5.01. The Morgan fingerprint density at radius 3 is 2.39 bits per heavy atom. The van der Waals surface area contributed by atoms with Gasteiger partial charge in [0.25, 0.3) is 5.91 Å². The highest BCUT2D eigenvalue weighted by Crippen LogP contribution is 2.27. The number of amides is 1. The number of carbonyl (C=O) groups excluding carboxylic acids is 2. The zero-order valence-corrected chi connectivity index (χ0v) is 18.2. The van der Waals surface area contributed by atoms with Gasteiger partial charge >= 0.3 is 5.97 Å². The number of hydrogen-bond donors (Lipinski definition) is 1. The van der Waals surface area contributed by atoms with Crippen LogP contribution in [0.2, 0.25) is 0 Å². The van der Waals surface area contributed by atoms with Crippen LogP contribution in [0.4, 0.5) is 5.69 Å². The van der Waals surface area contributed by atoms with E-state index in [1.807, 2.05) is 40.0 Å². The molecule has 0 spiro atoms. The van der Waals surface area contributed by atoms with Crippen LogP contribution in [-0.2, 0) is 27.8 Å². The fourth-order valence-corrected chi connectivity index (χ4v) is 3.34. The van der Waals surface area contributed by atoms with Crippen molar-refractivity contribution in [3.63, 3.8) is 0 Å². The molecule has 0 bridgehead atoms. The number of carbonyl (C=O) groups is 2. The number of esters is 1. The molecule has 0 saturated carbocycles. The van der Waals surface area contributed by atoms with Crippen LogP contribution in [0.25, 0.3) is 0 Å². The highest BCUT2D eigenvalue weighted by Gasteiger charge is 2.27. The van der Waals surface area contributed by atoms with E-state index in [2.05, 4.69) is 10.4 Å². The van der Waals surface area contributed by atoms with Gasteiger partial charge in [0.1, 0.15) is 5.75 Å². The van der Waals surface area contributed by atoms with Gasteiger partial charge in [0.2, 0.25) is 6.10 Å². The number of nitrogens with one attached hydrogen (secondary N) is 1. The highest BCUT2D eigenvalue weighted by molar-refractivity contribution is 5.97. The quantitative estimate of drug-likeness (QED) is 0.558. The molecule has 2 aromatic carbocycles. The van der Waals surface area contributed by atoms with Crippen LogP contribution in [0.1, 0.15) is 35.5 Å². The predicted octanol–water partition coefficient (Wildman–Crippen LogP) is 3.90. The summed E-state index contributed by atoms with van der Waals surface area (Å²) in [7, 11) is 1.83. The van der Waals surface area contributed by atoms with Crippen LogP contribution in [0.5, 0.6) is 5.75 Å². The minimum absolute atomic E-state index is 0.0393. The van der Waals surface area contributed by atoms with Crippen molar-refractivity contribution in [2.75, 3.05) is 11.9 Å². The summed E-state index contributed by atoms with van der Waals surface area (Å²) in [5.41, 5.74) is 3.57. The summed E-state index contributed by atoms with van der Waals surface area (Å²) in [6, 6.07) is 16.1. The largest absolute Gasteiger partial charge is 0.492 e. The van der Waals surface area contributed by atoms with Crippen LogP contribution < -0.4 is 10.1 Å². The molecule has 1 amide bonds. The smallest absolute Gasteiger partial charge is 0.311 e. The minimum Gasteiger partial charge on any atom is -0.492 e. The van der Waals surface area contributed by atoms with Crippen molar-refractivity contribution in [1.29, 1.82) is 0 Å². The Bertz CT molecular complexity index is 1060.